The Kier molecular flexibility index (Phi) is 4.65. The number of benzene rings is 2. The van der Waals surface area contributed by atoms with Crippen LogP contribution in [-0.2, 0) is 19.0 Å². The van der Waals surface area contributed by atoms with Crippen molar-refractivity contribution in [3.63, 3.8) is 0 Å². The Labute approximate surface area is 181 Å². The van der Waals surface area contributed by atoms with Gasteiger partial charge in [-0.1, -0.05) is 17.7 Å². The van der Waals surface area contributed by atoms with E-state index in [9.17, 15) is 18.0 Å². The van der Waals surface area contributed by atoms with Gasteiger partial charge in [-0.15, -0.1) is 0 Å². The molecule has 5 nitrogen and oxygen atoms in total. The van der Waals surface area contributed by atoms with Crippen LogP contribution in [0.5, 0.6) is 0 Å². The lowest BCUT2D eigenvalue weighted by Crippen LogP contribution is -2.12. The first-order valence-corrected chi connectivity index (χ1v) is 10.1. The molecule has 2 aromatic heterocycles. The summed E-state index contributed by atoms with van der Waals surface area (Å²) in [7, 11) is 0. The normalized spacial score (nSPS) is 12.9. The van der Waals surface area contributed by atoms with Crippen LogP contribution in [0.25, 0.3) is 16.9 Å². The van der Waals surface area contributed by atoms with E-state index in [1.807, 2.05) is 19.1 Å². The van der Waals surface area contributed by atoms with Crippen LogP contribution in [0.3, 0.4) is 0 Å². The zero-order valence-electron chi connectivity index (χ0n) is 17.0. The van der Waals surface area contributed by atoms with E-state index in [2.05, 4.69) is 10.4 Å². The highest BCUT2D eigenvalue weighted by Crippen LogP contribution is 2.42. The van der Waals surface area contributed by atoms with Gasteiger partial charge in [-0.25, -0.2) is 4.68 Å². The highest BCUT2D eigenvalue weighted by molar-refractivity contribution is 6.04. The van der Waals surface area contributed by atoms with E-state index in [0.29, 0.717) is 40.4 Å². The first kappa shape index (κ1) is 20.1. The van der Waals surface area contributed by atoms with Gasteiger partial charge in [-0.05, 0) is 55.8 Å². The predicted octanol–water partition coefficient (Wildman–Crippen LogP) is 5.81. The van der Waals surface area contributed by atoms with Crippen molar-refractivity contribution in [3.05, 3.63) is 89.0 Å². The van der Waals surface area contributed by atoms with Crippen molar-refractivity contribution in [2.24, 2.45) is 0 Å². The molecule has 4 aromatic rings. The quantitative estimate of drug-likeness (QED) is 0.440. The van der Waals surface area contributed by atoms with Crippen LogP contribution in [0, 0.1) is 6.92 Å². The zero-order chi connectivity index (χ0) is 22.5. The molecule has 1 N–H and O–H groups in total. The number of carbonyl (C=O) groups is 1. The summed E-state index contributed by atoms with van der Waals surface area (Å²) in [6.07, 6.45) is -2.50. The molecule has 0 saturated heterocycles. The van der Waals surface area contributed by atoms with Crippen molar-refractivity contribution >= 4 is 11.6 Å². The summed E-state index contributed by atoms with van der Waals surface area (Å²) in [6, 6.07) is 15.4. The number of anilines is 1. The average Bonchev–Trinajstić information content (AvgIpc) is 3.39. The topological polar surface area (TPSA) is 60.1 Å². The Morgan fingerprint density at radius 3 is 2.44 bits per heavy atom. The largest absolute Gasteiger partial charge is 0.469 e. The second kappa shape index (κ2) is 7.40. The zero-order valence-corrected chi connectivity index (χ0v) is 17.0. The fraction of sp³-hybridized carbons (Fsp3) is 0.167. The lowest BCUT2D eigenvalue weighted by atomic mass is 9.94. The van der Waals surface area contributed by atoms with Gasteiger partial charge in [0, 0.05) is 28.8 Å². The number of nitrogens with zero attached hydrogens (tertiary/aromatic N) is 2. The Balaban J connectivity index is 1.50. The maximum Gasteiger partial charge on any atom is 0.435 e. The molecule has 0 unspecified atom stereocenters. The Bertz CT molecular complexity index is 1300. The number of furan rings is 1. The van der Waals surface area contributed by atoms with Gasteiger partial charge >= 0.3 is 6.18 Å². The van der Waals surface area contributed by atoms with Gasteiger partial charge in [0.1, 0.15) is 5.76 Å². The van der Waals surface area contributed by atoms with Gasteiger partial charge in [-0.2, -0.15) is 18.3 Å². The summed E-state index contributed by atoms with van der Waals surface area (Å²) >= 11 is 0. The molecular formula is C24H18F3N3O2. The lowest BCUT2D eigenvalue weighted by molar-refractivity contribution is -0.142. The minimum atomic E-state index is -4.57. The molecule has 1 aliphatic rings. The van der Waals surface area contributed by atoms with Gasteiger partial charge < -0.3 is 9.73 Å². The average molecular weight is 437 g/mol. The minimum Gasteiger partial charge on any atom is -0.469 e. The molecule has 0 fully saturated rings. The molecule has 2 aromatic carbocycles. The minimum absolute atomic E-state index is 0.160. The number of amides is 1. The number of aromatic nitrogens is 2. The predicted molar refractivity (Wildman–Crippen MR) is 113 cm³/mol. The maximum absolute atomic E-state index is 13.7. The van der Waals surface area contributed by atoms with E-state index in [1.165, 1.54) is 10.9 Å². The van der Waals surface area contributed by atoms with Crippen molar-refractivity contribution in [2.75, 3.05) is 5.32 Å². The molecule has 0 aliphatic heterocycles. The van der Waals surface area contributed by atoms with E-state index in [1.54, 1.807) is 42.5 Å². The second-order valence-corrected chi connectivity index (χ2v) is 7.71. The van der Waals surface area contributed by atoms with E-state index in [4.69, 9.17) is 4.42 Å². The van der Waals surface area contributed by atoms with E-state index < -0.39 is 11.9 Å². The summed E-state index contributed by atoms with van der Waals surface area (Å²) in [5, 5.41) is 6.72. The van der Waals surface area contributed by atoms with Crippen molar-refractivity contribution in [2.45, 2.75) is 25.9 Å². The fourth-order valence-electron chi connectivity index (χ4n) is 3.96. The van der Waals surface area contributed by atoms with Gasteiger partial charge in [0.2, 0.25) is 0 Å². The number of alkyl halides is 3. The third kappa shape index (κ3) is 3.47. The molecule has 0 bridgehead atoms. The van der Waals surface area contributed by atoms with Gasteiger partial charge in [0.15, 0.2) is 5.69 Å². The monoisotopic (exact) mass is 437 g/mol. The van der Waals surface area contributed by atoms with Crippen LogP contribution in [0.15, 0.2) is 65.3 Å². The lowest BCUT2D eigenvalue weighted by Gasteiger charge is -2.15. The van der Waals surface area contributed by atoms with E-state index >= 15 is 0 Å². The highest BCUT2D eigenvalue weighted by atomic mass is 19.4. The first-order valence-electron chi connectivity index (χ1n) is 10.1. The Hall–Kier alpha value is -3.81. The first-order chi connectivity index (χ1) is 15.3. The molecular weight excluding hydrogens is 419 g/mol. The number of fused-ring (bicyclic) bond motifs is 3. The Morgan fingerprint density at radius 2 is 1.75 bits per heavy atom. The van der Waals surface area contributed by atoms with Gasteiger partial charge in [0.25, 0.3) is 5.91 Å². The molecule has 0 spiro atoms. The van der Waals surface area contributed by atoms with Crippen molar-refractivity contribution in [1.82, 2.24) is 9.78 Å². The van der Waals surface area contributed by atoms with E-state index in [-0.39, 0.29) is 17.9 Å². The maximum atomic E-state index is 13.7. The standard InChI is InChI=1S/C24H18F3N3O2/c1-14-2-6-16(7-3-14)28-23(31)15-4-8-17(9-5-15)30-21-18-12-13-32-20(18)11-10-19(21)22(29-30)24(25,26)27/h2-9,12-13H,10-11H2,1H3,(H,28,31). The number of nitrogens with one attached hydrogen (secondary N) is 1. The molecule has 1 aliphatic carbocycles. The third-order valence-electron chi connectivity index (χ3n) is 5.54. The molecule has 0 saturated carbocycles. The summed E-state index contributed by atoms with van der Waals surface area (Å²) in [6.45, 7) is 1.95. The molecule has 0 radical (unpaired) electrons. The van der Waals surface area contributed by atoms with Gasteiger partial charge in [-0.3, -0.25) is 4.79 Å². The molecule has 0 atom stereocenters. The van der Waals surface area contributed by atoms with Crippen LogP contribution in [0.2, 0.25) is 0 Å². The summed E-state index contributed by atoms with van der Waals surface area (Å²) in [4.78, 5) is 12.5. The number of rotatable bonds is 3. The smallest absolute Gasteiger partial charge is 0.435 e. The molecule has 162 valence electrons. The molecule has 2 heterocycles. The SMILES string of the molecule is Cc1ccc(NC(=O)c2ccc(-n3nc(C(F)(F)F)c4c3-c3ccoc3CC4)cc2)cc1. The molecule has 5 rings (SSSR count). The van der Waals surface area contributed by atoms with Crippen LogP contribution >= 0.6 is 0 Å². The number of halogens is 3. The number of carbonyl (C=O) groups excluding carboxylic acids is 1. The van der Waals surface area contributed by atoms with Crippen molar-refractivity contribution in [3.8, 4) is 16.9 Å². The molecule has 1 amide bonds. The van der Waals surface area contributed by atoms with Crippen LogP contribution < -0.4 is 5.32 Å². The summed E-state index contributed by atoms with van der Waals surface area (Å²) in [5.41, 5.74) is 2.81. The van der Waals surface area contributed by atoms with E-state index in [0.717, 1.165) is 5.56 Å². The molecule has 8 heteroatoms. The number of hydrogen-bond acceptors (Lipinski definition) is 3. The number of hydrogen-bond donors (Lipinski definition) is 1. The van der Waals surface area contributed by atoms with Crippen LogP contribution in [-0.4, -0.2) is 15.7 Å². The van der Waals surface area contributed by atoms with Gasteiger partial charge in [0.05, 0.1) is 17.6 Å². The number of aryl methyl sites for hydroxylation is 2. The van der Waals surface area contributed by atoms with Crippen LogP contribution in [0.4, 0.5) is 18.9 Å². The summed E-state index contributed by atoms with van der Waals surface area (Å²) in [5.74, 6) is 0.331. The summed E-state index contributed by atoms with van der Waals surface area (Å²) < 4.78 is 47.7. The second-order valence-electron chi connectivity index (χ2n) is 7.71. The van der Waals surface area contributed by atoms with Crippen molar-refractivity contribution < 1.29 is 22.4 Å². The van der Waals surface area contributed by atoms with Crippen LogP contribution in [0.1, 0.15) is 32.9 Å². The Morgan fingerprint density at radius 1 is 1.03 bits per heavy atom. The van der Waals surface area contributed by atoms with Crippen molar-refractivity contribution in [1.29, 1.82) is 0 Å². The fourth-order valence-corrected chi connectivity index (χ4v) is 3.96. The highest BCUT2D eigenvalue weighted by Gasteiger charge is 2.41. The molecule has 32 heavy (non-hydrogen) atoms. The third-order valence-corrected chi connectivity index (χ3v) is 5.54.